The molecule has 0 saturated heterocycles. The number of carbonyl (C=O) groups excluding carboxylic acids is 2. The van der Waals surface area contributed by atoms with Crippen molar-refractivity contribution in [2.24, 2.45) is 0 Å². The second-order valence-corrected chi connectivity index (χ2v) is 5.95. The lowest BCUT2D eigenvalue weighted by atomic mass is 10.2. The molecule has 0 aliphatic heterocycles. The van der Waals surface area contributed by atoms with Crippen LogP contribution in [0, 0.1) is 19.7 Å². The van der Waals surface area contributed by atoms with Gasteiger partial charge in [0, 0.05) is 17.3 Å². The minimum atomic E-state index is -0.654. The quantitative estimate of drug-likeness (QED) is 0.585. The molecule has 2 aromatic rings. The minimum absolute atomic E-state index is 0.264. The minimum Gasteiger partial charge on any atom is -0.460 e. The molecule has 6 nitrogen and oxygen atoms in total. The van der Waals surface area contributed by atoms with Crippen LogP contribution >= 0.6 is 0 Å². The van der Waals surface area contributed by atoms with E-state index in [9.17, 15) is 14.0 Å². The number of ether oxygens (including phenoxy) is 2. The van der Waals surface area contributed by atoms with E-state index in [0.717, 1.165) is 11.3 Å². The standard InChI is InChI=1S/C19H21FN2O4/c1-12(2)26-19(24)11-25-18(23)10-9-17-13(3)21-22(14(17)4)16-7-5-15(20)6-8-16/h5-10,12H,11H2,1-4H3/b10-9+. The van der Waals surface area contributed by atoms with Gasteiger partial charge in [0.05, 0.1) is 17.5 Å². The van der Waals surface area contributed by atoms with Crippen molar-refractivity contribution in [2.75, 3.05) is 6.61 Å². The Kier molecular flexibility index (Phi) is 6.27. The summed E-state index contributed by atoms with van der Waals surface area (Å²) in [6.07, 6.45) is 2.54. The van der Waals surface area contributed by atoms with E-state index >= 15 is 0 Å². The molecule has 0 bridgehead atoms. The lowest BCUT2D eigenvalue weighted by molar-refractivity contribution is -0.158. The van der Waals surface area contributed by atoms with Crippen LogP contribution in [0.4, 0.5) is 4.39 Å². The normalized spacial score (nSPS) is 11.2. The van der Waals surface area contributed by atoms with Crippen molar-refractivity contribution in [3.63, 3.8) is 0 Å². The molecule has 26 heavy (non-hydrogen) atoms. The zero-order valence-electron chi connectivity index (χ0n) is 15.2. The van der Waals surface area contributed by atoms with E-state index in [1.165, 1.54) is 18.2 Å². The summed E-state index contributed by atoms with van der Waals surface area (Å²) in [4.78, 5) is 23.1. The molecule has 0 atom stereocenters. The largest absolute Gasteiger partial charge is 0.460 e. The molecule has 1 heterocycles. The summed E-state index contributed by atoms with van der Waals surface area (Å²) in [7, 11) is 0. The Morgan fingerprint density at radius 2 is 1.88 bits per heavy atom. The van der Waals surface area contributed by atoms with Gasteiger partial charge in [-0.05, 0) is 58.0 Å². The first kappa shape index (κ1) is 19.4. The van der Waals surface area contributed by atoms with Crippen LogP contribution in [-0.2, 0) is 19.1 Å². The molecular weight excluding hydrogens is 339 g/mol. The second-order valence-electron chi connectivity index (χ2n) is 5.95. The van der Waals surface area contributed by atoms with E-state index in [0.29, 0.717) is 11.4 Å². The Morgan fingerprint density at radius 1 is 1.23 bits per heavy atom. The fraction of sp³-hybridized carbons (Fsp3) is 0.316. The predicted octanol–water partition coefficient (Wildman–Crippen LogP) is 3.14. The first-order valence-corrected chi connectivity index (χ1v) is 8.14. The van der Waals surface area contributed by atoms with Crippen molar-refractivity contribution in [1.82, 2.24) is 9.78 Å². The van der Waals surface area contributed by atoms with E-state index < -0.39 is 18.5 Å². The van der Waals surface area contributed by atoms with E-state index in [1.807, 2.05) is 6.92 Å². The maximum absolute atomic E-state index is 13.1. The molecule has 0 unspecified atom stereocenters. The molecule has 0 fully saturated rings. The first-order chi connectivity index (χ1) is 12.3. The Balaban J connectivity index is 2.07. The fourth-order valence-electron chi connectivity index (χ4n) is 2.36. The molecule has 0 spiro atoms. The predicted molar refractivity (Wildman–Crippen MR) is 94.2 cm³/mol. The monoisotopic (exact) mass is 360 g/mol. The molecule has 1 aromatic carbocycles. The third kappa shape index (κ3) is 5.02. The fourth-order valence-corrected chi connectivity index (χ4v) is 2.36. The van der Waals surface area contributed by atoms with Crippen LogP contribution in [0.5, 0.6) is 0 Å². The third-order valence-electron chi connectivity index (χ3n) is 3.50. The van der Waals surface area contributed by atoms with Crippen molar-refractivity contribution in [2.45, 2.75) is 33.8 Å². The van der Waals surface area contributed by atoms with Gasteiger partial charge in [0.1, 0.15) is 5.82 Å². The number of halogens is 1. The van der Waals surface area contributed by atoms with Gasteiger partial charge in [0.15, 0.2) is 6.61 Å². The molecular formula is C19H21FN2O4. The van der Waals surface area contributed by atoms with Gasteiger partial charge >= 0.3 is 11.9 Å². The summed E-state index contributed by atoms with van der Waals surface area (Å²) in [5.41, 5.74) is 2.95. The van der Waals surface area contributed by atoms with Crippen molar-refractivity contribution < 1.29 is 23.5 Å². The van der Waals surface area contributed by atoms with Crippen LogP contribution in [0.3, 0.4) is 0 Å². The lowest BCUT2D eigenvalue weighted by Gasteiger charge is -2.07. The topological polar surface area (TPSA) is 70.4 Å². The zero-order chi connectivity index (χ0) is 19.3. The van der Waals surface area contributed by atoms with Gasteiger partial charge in [-0.2, -0.15) is 5.10 Å². The molecule has 7 heteroatoms. The molecule has 0 amide bonds. The van der Waals surface area contributed by atoms with Crippen LogP contribution in [0.1, 0.15) is 30.8 Å². The average molecular weight is 360 g/mol. The smallest absolute Gasteiger partial charge is 0.344 e. The van der Waals surface area contributed by atoms with Crippen molar-refractivity contribution in [3.05, 3.63) is 53.1 Å². The average Bonchev–Trinajstić information content (AvgIpc) is 2.85. The van der Waals surface area contributed by atoms with E-state index in [2.05, 4.69) is 5.10 Å². The number of hydrogen-bond acceptors (Lipinski definition) is 5. The van der Waals surface area contributed by atoms with Crippen LogP contribution < -0.4 is 0 Å². The second kappa shape index (κ2) is 8.42. The molecule has 0 aliphatic rings. The van der Waals surface area contributed by atoms with Gasteiger partial charge in [-0.3, -0.25) is 0 Å². The molecule has 138 valence electrons. The third-order valence-corrected chi connectivity index (χ3v) is 3.50. The Hall–Kier alpha value is -2.96. The first-order valence-electron chi connectivity index (χ1n) is 8.14. The highest BCUT2D eigenvalue weighted by molar-refractivity contribution is 5.89. The molecule has 0 aliphatic carbocycles. The van der Waals surface area contributed by atoms with Crippen LogP contribution in [-0.4, -0.2) is 34.4 Å². The summed E-state index contributed by atoms with van der Waals surface area (Å²) in [6.45, 7) is 6.63. The van der Waals surface area contributed by atoms with Crippen LogP contribution in [0.2, 0.25) is 0 Å². The number of esters is 2. The number of carbonyl (C=O) groups is 2. The highest BCUT2D eigenvalue weighted by atomic mass is 19.1. The summed E-state index contributed by atoms with van der Waals surface area (Å²) in [5.74, 6) is -1.58. The number of rotatable bonds is 6. The highest BCUT2D eigenvalue weighted by Crippen LogP contribution is 2.19. The molecule has 2 rings (SSSR count). The number of hydrogen-bond donors (Lipinski definition) is 0. The van der Waals surface area contributed by atoms with Crippen LogP contribution in [0.25, 0.3) is 11.8 Å². The van der Waals surface area contributed by atoms with Crippen molar-refractivity contribution in [3.8, 4) is 5.69 Å². The maximum Gasteiger partial charge on any atom is 0.344 e. The van der Waals surface area contributed by atoms with Crippen LogP contribution in [0.15, 0.2) is 30.3 Å². The van der Waals surface area contributed by atoms with Gasteiger partial charge in [-0.25, -0.2) is 18.7 Å². The molecule has 0 radical (unpaired) electrons. The van der Waals surface area contributed by atoms with Crippen molar-refractivity contribution >= 4 is 18.0 Å². The van der Waals surface area contributed by atoms with Gasteiger partial charge in [-0.1, -0.05) is 0 Å². The van der Waals surface area contributed by atoms with Gasteiger partial charge in [-0.15, -0.1) is 0 Å². The van der Waals surface area contributed by atoms with Crippen molar-refractivity contribution in [1.29, 1.82) is 0 Å². The summed E-state index contributed by atoms with van der Waals surface area (Å²) in [6, 6.07) is 5.96. The molecule has 0 saturated carbocycles. The Bertz CT molecular complexity index is 823. The highest BCUT2D eigenvalue weighted by Gasteiger charge is 2.12. The van der Waals surface area contributed by atoms with Gasteiger partial charge in [0.2, 0.25) is 0 Å². The number of aromatic nitrogens is 2. The molecule has 0 N–H and O–H groups in total. The summed E-state index contributed by atoms with van der Waals surface area (Å²) < 4.78 is 24.5. The van der Waals surface area contributed by atoms with Gasteiger partial charge < -0.3 is 9.47 Å². The Labute approximate surface area is 151 Å². The van der Waals surface area contributed by atoms with E-state index in [-0.39, 0.29) is 11.9 Å². The maximum atomic E-state index is 13.1. The SMILES string of the molecule is Cc1nn(-c2ccc(F)cc2)c(C)c1/C=C/C(=O)OCC(=O)OC(C)C. The summed E-state index contributed by atoms with van der Waals surface area (Å²) >= 11 is 0. The lowest BCUT2D eigenvalue weighted by Crippen LogP contribution is -2.18. The number of nitrogens with zero attached hydrogens (tertiary/aromatic N) is 2. The summed E-state index contributed by atoms with van der Waals surface area (Å²) in [5, 5.41) is 4.41. The van der Waals surface area contributed by atoms with E-state index in [4.69, 9.17) is 9.47 Å². The zero-order valence-corrected chi connectivity index (χ0v) is 15.2. The Morgan fingerprint density at radius 3 is 2.50 bits per heavy atom. The molecule has 1 aromatic heterocycles. The number of aryl methyl sites for hydroxylation is 1. The van der Waals surface area contributed by atoms with Gasteiger partial charge in [0.25, 0.3) is 0 Å². The number of benzene rings is 1. The van der Waals surface area contributed by atoms with E-state index in [1.54, 1.807) is 43.7 Å².